The second-order valence-corrected chi connectivity index (χ2v) is 10.2. The van der Waals surface area contributed by atoms with Crippen molar-refractivity contribution >= 4 is 11.0 Å². The van der Waals surface area contributed by atoms with E-state index in [1.807, 2.05) is 0 Å². The minimum absolute atomic E-state index is 0.112. The first-order valence-corrected chi connectivity index (χ1v) is 13.2. The lowest BCUT2D eigenvalue weighted by atomic mass is 9.97. The predicted octanol–water partition coefficient (Wildman–Crippen LogP) is -2.71. The molecule has 2 fully saturated rings. The van der Waals surface area contributed by atoms with Crippen LogP contribution >= 0.6 is 0 Å². The Morgan fingerprint density at radius 3 is 2.02 bits per heavy atom. The van der Waals surface area contributed by atoms with Crippen LogP contribution in [0.4, 0.5) is 0 Å². The molecular formula is C27H30O17. The molecule has 17 nitrogen and oxygen atoms in total. The first kappa shape index (κ1) is 31.7. The van der Waals surface area contributed by atoms with E-state index >= 15 is 0 Å². The molecule has 0 aliphatic carbocycles. The summed E-state index contributed by atoms with van der Waals surface area (Å²) in [5.41, 5.74) is -0.976. The van der Waals surface area contributed by atoms with E-state index in [1.54, 1.807) is 0 Å². The van der Waals surface area contributed by atoms with Gasteiger partial charge in [-0.25, -0.2) is 0 Å². The molecule has 0 radical (unpaired) electrons. The molecule has 11 N–H and O–H groups in total. The smallest absolute Gasteiger partial charge is 0.229 e. The summed E-state index contributed by atoms with van der Waals surface area (Å²) in [5.74, 6) is -3.60. The number of rotatable bonds is 7. The fourth-order valence-electron chi connectivity index (χ4n) is 4.95. The largest absolute Gasteiger partial charge is 0.504 e. The Morgan fingerprint density at radius 2 is 1.36 bits per heavy atom. The molecule has 240 valence electrons. The number of benzene rings is 2. The van der Waals surface area contributed by atoms with Gasteiger partial charge in [0.1, 0.15) is 65.6 Å². The zero-order valence-corrected chi connectivity index (χ0v) is 22.4. The molecule has 0 amide bonds. The number of phenols is 4. The van der Waals surface area contributed by atoms with Crippen LogP contribution in [0.1, 0.15) is 0 Å². The molecule has 3 aromatic rings. The maximum absolute atomic E-state index is 12.8. The number of ether oxygens (including phenoxy) is 4. The highest BCUT2D eigenvalue weighted by atomic mass is 16.7. The van der Waals surface area contributed by atoms with Crippen molar-refractivity contribution in [3.63, 3.8) is 0 Å². The lowest BCUT2D eigenvalue weighted by molar-refractivity contribution is -0.352. The molecule has 2 aliphatic heterocycles. The van der Waals surface area contributed by atoms with Gasteiger partial charge in [-0.2, -0.15) is 0 Å². The number of aromatic hydroxyl groups is 4. The van der Waals surface area contributed by atoms with Crippen LogP contribution in [0, 0.1) is 0 Å². The third-order valence-corrected chi connectivity index (χ3v) is 7.40. The van der Waals surface area contributed by atoms with E-state index in [0.29, 0.717) is 0 Å². The number of hydrogen-bond acceptors (Lipinski definition) is 17. The van der Waals surface area contributed by atoms with Crippen LogP contribution in [0.2, 0.25) is 0 Å². The van der Waals surface area contributed by atoms with Crippen molar-refractivity contribution in [2.75, 3.05) is 13.2 Å². The maximum Gasteiger partial charge on any atom is 0.229 e. The van der Waals surface area contributed by atoms with Gasteiger partial charge in [-0.05, 0) is 18.2 Å². The number of hydrogen-bond donors (Lipinski definition) is 11. The summed E-state index contributed by atoms with van der Waals surface area (Å²) in [5, 5.41) is 111. The van der Waals surface area contributed by atoms with E-state index in [0.717, 1.165) is 24.3 Å². The SMILES string of the molecule is O=c1cc(-c2ccc(O)c(O)c2)oc2cc(OC3OC(CO)C(O)C(OC4OC(CO)C(O)C(O)C4O)C3O)c(O)c(O)c12. The highest BCUT2D eigenvalue weighted by Crippen LogP contribution is 2.43. The summed E-state index contributed by atoms with van der Waals surface area (Å²) in [4.78, 5) is 12.8. The molecule has 1 aromatic heterocycles. The first-order valence-electron chi connectivity index (χ1n) is 13.2. The Morgan fingerprint density at radius 1 is 0.705 bits per heavy atom. The van der Waals surface area contributed by atoms with Gasteiger partial charge in [0, 0.05) is 17.7 Å². The normalized spacial score (nSPS) is 32.5. The highest BCUT2D eigenvalue weighted by molar-refractivity contribution is 5.89. The standard InChI is InChI=1S/C27H30O17/c28-6-15-19(34)22(37)23(38)26(42-15)44-25-20(35)16(7-29)43-27(24(25)39)41-14-5-13-17(21(36)18(14)33)11(32)4-12(40-13)8-1-2-9(30)10(31)3-8/h1-5,15-16,19-20,22-31,33-39H,6-7H2. The molecule has 2 aromatic carbocycles. The minimum Gasteiger partial charge on any atom is -0.504 e. The average Bonchev–Trinajstić information content (AvgIpc) is 3.00. The van der Waals surface area contributed by atoms with Gasteiger partial charge >= 0.3 is 0 Å². The molecule has 3 heterocycles. The number of aliphatic hydroxyl groups excluding tert-OH is 7. The van der Waals surface area contributed by atoms with E-state index in [9.17, 15) is 61.0 Å². The van der Waals surface area contributed by atoms with Crippen LogP contribution < -0.4 is 10.2 Å². The summed E-state index contributed by atoms with van der Waals surface area (Å²) >= 11 is 0. The molecule has 0 saturated carbocycles. The van der Waals surface area contributed by atoms with Gasteiger partial charge in [0.25, 0.3) is 0 Å². The monoisotopic (exact) mass is 626 g/mol. The van der Waals surface area contributed by atoms with E-state index < -0.39 is 114 Å². The van der Waals surface area contributed by atoms with Gasteiger partial charge in [0.05, 0.1) is 13.2 Å². The Labute approximate surface area is 246 Å². The summed E-state index contributed by atoms with van der Waals surface area (Å²) in [6, 6.07) is 5.53. The Hall–Kier alpha value is -3.75. The van der Waals surface area contributed by atoms with Crippen LogP contribution in [0.15, 0.2) is 39.5 Å². The predicted molar refractivity (Wildman–Crippen MR) is 142 cm³/mol. The molecule has 2 saturated heterocycles. The van der Waals surface area contributed by atoms with Crippen LogP contribution in [0.25, 0.3) is 22.3 Å². The molecule has 17 heteroatoms. The molecule has 44 heavy (non-hydrogen) atoms. The quantitative estimate of drug-likeness (QED) is 0.119. The van der Waals surface area contributed by atoms with Crippen molar-refractivity contribution in [3.05, 3.63) is 40.6 Å². The van der Waals surface area contributed by atoms with Gasteiger partial charge in [0.2, 0.25) is 12.0 Å². The molecular weight excluding hydrogens is 596 g/mol. The van der Waals surface area contributed by atoms with Crippen LogP contribution in [0.3, 0.4) is 0 Å². The van der Waals surface area contributed by atoms with Gasteiger partial charge in [-0.1, -0.05) is 0 Å². The second kappa shape index (κ2) is 12.3. The van der Waals surface area contributed by atoms with E-state index in [-0.39, 0.29) is 16.9 Å². The lowest BCUT2D eigenvalue weighted by Crippen LogP contribution is -2.65. The average molecular weight is 627 g/mol. The lowest BCUT2D eigenvalue weighted by Gasteiger charge is -2.45. The zero-order valence-electron chi connectivity index (χ0n) is 22.4. The highest BCUT2D eigenvalue weighted by Gasteiger charge is 2.51. The topological polar surface area (TPSA) is 290 Å². The summed E-state index contributed by atoms with van der Waals surface area (Å²) < 4.78 is 27.4. The van der Waals surface area contributed by atoms with Crippen molar-refractivity contribution in [2.24, 2.45) is 0 Å². The van der Waals surface area contributed by atoms with Crippen molar-refractivity contribution in [1.29, 1.82) is 0 Å². The number of aliphatic hydroxyl groups is 7. The molecule has 0 bridgehead atoms. The molecule has 5 rings (SSSR count). The molecule has 10 unspecified atom stereocenters. The van der Waals surface area contributed by atoms with Crippen LogP contribution in [-0.4, -0.2) is 131 Å². The fourth-order valence-corrected chi connectivity index (χ4v) is 4.95. The third kappa shape index (κ3) is 5.61. The Kier molecular flexibility index (Phi) is 8.87. The van der Waals surface area contributed by atoms with Gasteiger partial charge in [-0.3, -0.25) is 4.79 Å². The van der Waals surface area contributed by atoms with E-state index in [1.165, 1.54) is 6.07 Å². The van der Waals surface area contributed by atoms with Gasteiger partial charge < -0.3 is 79.5 Å². The Balaban J connectivity index is 1.46. The zero-order chi connectivity index (χ0) is 32.0. The molecule has 10 atom stereocenters. The van der Waals surface area contributed by atoms with E-state index in [4.69, 9.17) is 23.4 Å². The first-order chi connectivity index (χ1) is 20.9. The van der Waals surface area contributed by atoms with Crippen molar-refractivity contribution in [1.82, 2.24) is 0 Å². The molecule has 0 spiro atoms. The van der Waals surface area contributed by atoms with Crippen LogP contribution in [0.5, 0.6) is 28.7 Å². The Bertz CT molecular complexity index is 1560. The summed E-state index contributed by atoms with van der Waals surface area (Å²) in [6.45, 7) is -1.64. The van der Waals surface area contributed by atoms with Crippen molar-refractivity contribution in [3.8, 4) is 40.1 Å². The number of phenolic OH excluding ortho intramolecular Hbond substituents is 4. The third-order valence-electron chi connectivity index (χ3n) is 7.40. The maximum atomic E-state index is 12.8. The van der Waals surface area contributed by atoms with Crippen molar-refractivity contribution in [2.45, 2.75) is 61.4 Å². The van der Waals surface area contributed by atoms with Crippen LogP contribution in [-0.2, 0) is 14.2 Å². The summed E-state index contributed by atoms with van der Waals surface area (Å²) in [6.07, 6.45) is -17.5. The minimum atomic E-state index is -1.98. The fraction of sp³-hybridized carbons (Fsp3) is 0.444. The van der Waals surface area contributed by atoms with Gasteiger partial charge in [-0.15, -0.1) is 0 Å². The second-order valence-electron chi connectivity index (χ2n) is 10.2. The number of fused-ring (bicyclic) bond motifs is 1. The molecule has 2 aliphatic rings. The van der Waals surface area contributed by atoms with Crippen molar-refractivity contribution < 1.29 is 79.5 Å². The summed E-state index contributed by atoms with van der Waals surface area (Å²) in [7, 11) is 0. The van der Waals surface area contributed by atoms with Gasteiger partial charge in [0.15, 0.2) is 34.7 Å². The van der Waals surface area contributed by atoms with E-state index in [2.05, 4.69) is 0 Å².